The third-order valence-electron chi connectivity index (χ3n) is 6.70. The molecule has 1 saturated carbocycles. The molecule has 1 aliphatic heterocycles. The van der Waals surface area contributed by atoms with E-state index in [9.17, 15) is 29.7 Å². The van der Waals surface area contributed by atoms with Gasteiger partial charge in [0.2, 0.25) is 5.28 Å². The summed E-state index contributed by atoms with van der Waals surface area (Å²) in [6.07, 6.45) is -6.97. The molecule has 2 aromatic heterocycles. The molecule has 6 N–H and O–H groups in total. The molecule has 3 heterocycles. The van der Waals surface area contributed by atoms with Crippen molar-refractivity contribution in [3.05, 3.63) is 41.4 Å². The monoisotopic (exact) mass is 580 g/mol. The van der Waals surface area contributed by atoms with Crippen LogP contribution in [0.3, 0.4) is 0 Å². The van der Waals surface area contributed by atoms with Gasteiger partial charge in [-0.1, -0.05) is 12.1 Å². The predicted octanol–water partition coefficient (Wildman–Crippen LogP) is 1.15. The van der Waals surface area contributed by atoms with Gasteiger partial charge in [0.05, 0.1) is 12.9 Å². The van der Waals surface area contributed by atoms with Crippen molar-refractivity contribution in [3.63, 3.8) is 0 Å². The van der Waals surface area contributed by atoms with Crippen LogP contribution in [0.2, 0.25) is 5.28 Å². The number of carboxylic acids is 2. The van der Waals surface area contributed by atoms with Gasteiger partial charge in [-0.2, -0.15) is 9.97 Å². The van der Waals surface area contributed by atoms with Crippen LogP contribution in [-0.4, -0.2) is 89.1 Å². The first-order valence-electron chi connectivity index (χ1n) is 11.8. The van der Waals surface area contributed by atoms with Crippen molar-refractivity contribution >= 4 is 52.3 Å². The van der Waals surface area contributed by atoms with E-state index >= 15 is 4.39 Å². The minimum atomic E-state index is -2.91. The van der Waals surface area contributed by atoms with Crippen molar-refractivity contribution in [2.75, 3.05) is 17.7 Å². The Morgan fingerprint density at radius 1 is 1.25 bits per heavy atom. The number of halogens is 2. The second-order valence-corrected chi connectivity index (χ2v) is 9.47. The maximum Gasteiger partial charge on any atom is 0.411 e. The Morgan fingerprint density at radius 3 is 2.50 bits per heavy atom. The average molecular weight is 581 g/mol. The Labute approximate surface area is 228 Å². The summed E-state index contributed by atoms with van der Waals surface area (Å²) in [6, 6.07) is 5.56. The van der Waals surface area contributed by atoms with Crippen molar-refractivity contribution < 1.29 is 48.3 Å². The number of benzene rings is 1. The zero-order valence-corrected chi connectivity index (χ0v) is 21.3. The number of ether oxygens (including phenoxy) is 3. The first-order valence-corrected chi connectivity index (χ1v) is 12.1. The Morgan fingerprint density at radius 2 is 1.93 bits per heavy atom. The van der Waals surface area contributed by atoms with Crippen LogP contribution in [0.25, 0.3) is 11.2 Å². The van der Waals surface area contributed by atoms with Crippen molar-refractivity contribution in [1.29, 1.82) is 0 Å². The Balaban J connectivity index is 1.35. The number of carbonyl (C=O) groups excluding carboxylic acids is 1. The second-order valence-electron chi connectivity index (χ2n) is 9.13. The molecule has 2 aliphatic rings. The van der Waals surface area contributed by atoms with Crippen LogP contribution < -0.4 is 11.1 Å². The third-order valence-corrected chi connectivity index (χ3v) is 6.87. The number of carboxylic acid groups (broad SMARTS) is 2. The molecule has 17 heteroatoms. The molecule has 1 unspecified atom stereocenters. The molecule has 0 radical (unpaired) electrons. The molecule has 3 aromatic rings. The number of aliphatic carboxylic acids is 2. The Hall–Kier alpha value is -4.12. The lowest BCUT2D eigenvalue weighted by Crippen LogP contribution is -2.53. The van der Waals surface area contributed by atoms with Crippen molar-refractivity contribution in [2.45, 2.75) is 49.2 Å². The Bertz CT molecular complexity index is 1490. The normalized spacial score (nSPS) is 25.4. The topological polar surface area (TPSA) is 221 Å². The van der Waals surface area contributed by atoms with E-state index in [1.165, 1.54) is 24.3 Å². The zero-order chi connectivity index (χ0) is 29.0. The third kappa shape index (κ3) is 4.34. The van der Waals surface area contributed by atoms with E-state index in [1.54, 1.807) is 6.92 Å². The lowest BCUT2D eigenvalue weighted by Gasteiger charge is -2.28. The highest BCUT2D eigenvalue weighted by Crippen LogP contribution is 2.58. The van der Waals surface area contributed by atoms with E-state index < -0.39 is 60.3 Å². The number of aliphatic hydroxyl groups is 1. The number of hydrogen-bond donors (Lipinski definition) is 5. The summed E-state index contributed by atoms with van der Waals surface area (Å²) in [5.41, 5.74) is 1.14. The number of alkyl halides is 1. The molecule has 1 aliphatic carbocycles. The molecule has 15 nitrogen and oxygen atoms in total. The van der Waals surface area contributed by atoms with E-state index in [0.29, 0.717) is 5.69 Å². The van der Waals surface area contributed by atoms with Crippen LogP contribution in [-0.2, 0) is 30.2 Å². The summed E-state index contributed by atoms with van der Waals surface area (Å²) in [4.78, 5) is 47.8. The average Bonchev–Trinajstić information content (AvgIpc) is 3.13. The molecule has 5 rings (SSSR count). The van der Waals surface area contributed by atoms with Crippen LogP contribution >= 0.6 is 11.6 Å². The van der Waals surface area contributed by atoms with Crippen LogP contribution in [0.5, 0.6) is 0 Å². The van der Waals surface area contributed by atoms with Gasteiger partial charge in [-0.3, -0.25) is 9.88 Å². The molecule has 0 spiro atoms. The summed E-state index contributed by atoms with van der Waals surface area (Å²) in [7, 11) is 0. The summed E-state index contributed by atoms with van der Waals surface area (Å²) in [5, 5.41) is 33.0. The van der Waals surface area contributed by atoms with Crippen molar-refractivity contribution in [3.8, 4) is 0 Å². The Kier molecular flexibility index (Phi) is 6.73. The molecule has 1 saturated heterocycles. The smallest absolute Gasteiger partial charge is 0.411 e. The first-order chi connectivity index (χ1) is 18.9. The minimum Gasteiger partial charge on any atom is -0.479 e. The molecule has 2 fully saturated rings. The quantitative estimate of drug-likeness (QED) is 0.177. The molecule has 40 heavy (non-hydrogen) atoms. The first kappa shape index (κ1) is 27.4. The predicted molar refractivity (Wildman–Crippen MR) is 132 cm³/mol. The van der Waals surface area contributed by atoms with Crippen LogP contribution in [0.1, 0.15) is 18.7 Å². The number of nitrogens with zero attached hydrogens (tertiary/aromatic N) is 4. The van der Waals surface area contributed by atoms with E-state index in [1.807, 2.05) is 0 Å². The number of imidazole rings is 1. The molecule has 212 valence electrons. The highest BCUT2D eigenvalue weighted by Gasteiger charge is 2.80. The number of nitrogen functional groups attached to an aromatic ring is 1. The number of aromatic nitrogens is 4. The molecule has 5 atom stereocenters. The van der Waals surface area contributed by atoms with Gasteiger partial charge < -0.3 is 35.3 Å². The van der Waals surface area contributed by atoms with Gasteiger partial charge in [-0.05, 0) is 36.2 Å². The van der Waals surface area contributed by atoms with Crippen molar-refractivity contribution in [1.82, 2.24) is 19.5 Å². The number of hydrogen-bond acceptors (Lipinski definition) is 11. The zero-order valence-electron chi connectivity index (χ0n) is 20.5. The van der Waals surface area contributed by atoms with Gasteiger partial charge in [-0.25, -0.2) is 23.8 Å². The van der Waals surface area contributed by atoms with Gasteiger partial charge in [-0.15, -0.1) is 0 Å². The van der Waals surface area contributed by atoms with Gasteiger partial charge in [0.25, 0.3) is 5.60 Å². The fourth-order valence-electron chi connectivity index (χ4n) is 4.61. The summed E-state index contributed by atoms with van der Waals surface area (Å²) in [6.45, 7) is 1.78. The second kappa shape index (κ2) is 9.81. The largest absolute Gasteiger partial charge is 0.479 e. The fraction of sp³-hybridized carbons (Fsp3) is 0.391. The molecular formula is C23H22ClFN6O9. The minimum absolute atomic E-state index is 0.0267. The van der Waals surface area contributed by atoms with Crippen LogP contribution in [0, 0.1) is 0 Å². The highest BCUT2D eigenvalue weighted by atomic mass is 35.5. The van der Waals surface area contributed by atoms with Gasteiger partial charge in [0, 0.05) is 12.1 Å². The van der Waals surface area contributed by atoms with Gasteiger partial charge in [0.15, 0.2) is 29.5 Å². The van der Waals surface area contributed by atoms with Crippen molar-refractivity contribution in [2.24, 2.45) is 0 Å². The number of rotatable bonds is 9. The van der Waals surface area contributed by atoms with E-state index in [-0.39, 0.29) is 34.4 Å². The number of nitrogens with one attached hydrogen (secondary N) is 1. The number of nitrogens with two attached hydrogens (primary N) is 1. The molecular weight excluding hydrogens is 559 g/mol. The summed E-state index contributed by atoms with van der Waals surface area (Å²) in [5.74, 6) is -3.82. The summed E-state index contributed by atoms with van der Waals surface area (Å²) < 4.78 is 32.6. The van der Waals surface area contributed by atoms with E-state index in [2.05, 4.69) is 20.3 Å². The standard InChI is InChI=1S/C23H22ClFN6O9/c1-2-38-21(36)28-10-5-3-9(4-6-10)7-22(18(32)33,19(34)35)40-14-13-23(14,37)12(25)17(39-13)31-8-27-11-15(26)29-20(24)30-16(11)31/h3-6,8,12-14,17,37H,2,7H2,1H3,(H,28,36)(H,32,33)(H,34,35)(H2,26,29,30)/t12-,13-,14?,17-,23+/m1/s1. The lowest BCUT2D eigenvalue weighted by molar-refractivity contribution is -0.194. The fourth-order valence-corrected chi connectivity index (χ4v) is 4.78. The molecule has 1 aromatic carbocycles. The highest BCUT2D eigenvalue weighted by molar-refractivity contribution is 6.28. The number of carbonyl (C=O) groups is 3. The van der Waals surface area contributed by atoms with E-state index in [4.69, 9.17) is 31.5 Å². The van der Waals surface area contributed by atoms with E-state index in [0.717, 1.165) is 10.9 Å². The van der Waals surface area contributed by atoms with Crippen LogP contribution in [0.15, 0.2) is 30.6 Å². The number of amides is 1. The number of anilines is 2. The van der Waals surface area contributed by atoms with Crippen LogP contribution in [0.4, 0.5) is 20.7 Å². The SMILES string of the molecule is CCOC(=O)Nc1ccc(CC(OC2[C@H]3O[C@@H](n4cnc5c(N)nc(Cl)nc54)[C@@H](F)[C@@]23O)(C(=O)O)C(=O)O)cc1. The number of fused-ring (bicyclic) bond motifs is 2. The molecule has 0 bridgehead atoms. The lowest BCUT2D eigenvalue weighted by atomic mass is 9.94. The maximum absolute atomic E-state index is 15.6. The molecule has 1 amide bonds. The van der Waals surface area contributed by atoms with Gasteiger partial charge >= 0.3 is 18.0 Å². The van der Waals surface area contributed by atoms with Gasteiger partial charge in [0.1, 0.15) is 17.7 Å². The maximum atomic E-state index is 15.6. The summed E-state index contributed by atoms with van der Waals surface area (Å²) >= 11 is 5.84.